The number of piperidine rings is 3. The number of piperazine rings is 1. The first kappa shape index (κ1) is 46.7. The number of nitrogens with zero attached hydrogens (tertiary/aromatic N) is 8. The maximum atomic E-state index is 15.6. The van der Waals surface area contributed by atoms with Crippen LogP contribution in [0.5, 0.6) is 0 Å². The molecule has 358 valence electrons. The SMILES string of the molecule is CN(c1ccccc1Nc1nc(Nc2ccc(N3CCN(C(=O)C4CCN(CC5CCN(c6ccc7c(c6)C(=O)N(C6CCC(=O)NC6=O)C7=O)CC5)CC4)CC3)c(F)c2)ncc1Cl)S(C)(=O)=O. The number of carbonyl (C=O) groups is 5. The van der Waals surface area contributed by atoms with Gasteiger partial charge in [0.2, 0.25) is 33.7 Å². The predicted molar refractivity (Wildman–Crippen MR) is 256 cm³/mol. The van der Waals surface area contributed by atoms with Gasteiger partial charge >= 0.3 is 0 Å². The molecule has 0 aliphatic carbocycles. The minimum absolute atomic E-state index is 0.0450. The Hall–Kier alpha value is -6.38. The molecule has 0 radical (unpaired) electrons. The third-order valence-corrected chi connectivity index (χ3v) is 15.2. The van der Waals surface area contributed by atoms with E-state index < -0.39 is 45.5 Å². The third kappa shape index (κ3) is 9.80. The van der Waals surface area contributed by atoms with Crippen LogP contribution in [0.25, 0.3) is 0 Å². The number of benzene rings is 3. The lowest BCUT2D eigenvalue weighted by Gasteiger charge is -2.40. The molecule has 21 heteroatoms. The van der Waals surface area contributed by atoms with E-state index in [1.807, 2.05) is 15.9 Å². The van der Waals surface area contributed by atoms with Crippen molar-refractivity contribution in [3.05, 3.63) is 88.8 Å². The number of carbonyl (C=O) groups excluding carboxylic acids is 5. The topological polar surface area (TPSA) is 201 Å². The second kappa shape index (κ2) is 19.3. The molecule has 68 heavy (non-hydrogen) atoms. The Morgan fingerprint density at radius 2 is 1.57 bits per heavy atom. The lowest BCUT2D eigenvalue weighted by atomic mass is 9.91. The zero-order valence-corrected chi connectivity index (χ0v) is 39.4. The summed E-state index contributed by atoms with van der Waals surface area (Å²) in [4.78, 5) is 82.6. The summed E-state index contributed by atoms with van der Waals surface area (Å²) in [5.74, 6) is -1.50. The molecule has 0 bridgehead atoms. The second-order valence-electron chi connectivity index (χ2n) is 18.0. The number of hydrogen-bond donors (Lipinski definition) is 3. The fourth-order valence-corrected chi connectivity index (χ4v) is 10.5. The molecule has 1 atom stereocenters. The number of sulfonamides is 1. The van der Waals surface area contributed by atoms with Gasteiger partial charge in [-0.15, -0.1) is 0 Å². The summed E-state index contributed by atoms with van der Waals surface area (Å²) in [5, 5.41) is 8.54. The number of fused-ring (bicyclic) bond motifs is 1. The van der Waals surface area contributed by atoms with Crippen LogP contribution in [0.4, 0.5) is 44.6 Å². The number of para-hydroxylation sites is 2. The molecule has 5 aliphatic rings. The van der Waals surface area contributed by atoms with Crippen LogP contribution in [0.2, 0.25) is 5.02 Å². The van der Waals surface area contributed by atoms with Gasteiger partial charge in [-0.25, -0.2) is 17.8 Å². The van der Waals surface area contributed by atoms with Crippen LogP contribution in [-0.2, 0) is 24.4 Å². The number of hydrogen-bond acceptors (Lipinski definition) is 14. The van der Waals surface area contributed by atoms with Crippen LogP contribution in [-0.4, -0.2) is 141 Å². The summed E-state index contributed by atoms with van der Waals surface area (Å²) < 4.78 is 41.3. The Morgan fingerprint density at radius 3 is 2.28 bits per heavy atom. The molecule has 4 fully saturated rings. The van der Waals surface area contributed by atoms with E-state index in [2.05, 4.69) is 35.7 Å². The molecular formula is C47H53ClFN11O7S. The highest BCUT2D eigenvalue weighted by molar-refractivity contribution is 7.92. The molecule has 18 nitrogen and oxygen atoms in total. The number of amides is 5. The quantitative estimate of drug-likeness (QED) is 0.163. The average Bonchev–Trinajstić information content (AvgIpc) is 3.57. The van der Waals surface area contributed by atoms with E-state index in [4.69, 9.17) is 11.6 Å². The minimum Gasteiger partial charge on any atom is -0.371 e. The van der Waals surface area contributed by atoms with Crippen molar-refractivity contribution in [1.29, 1.82) is 0 Å². The highest BCUT2D eigenvalue weighted by Crippen LogP contribution is 2.35. The smallest absolute Gasteiger partial charge is 0.262 e. The number of aromatic nitrogens is 2. The summed E-state index contributed by atoms with van der Waals surface area (Å²) >= 11 is 6.41. The van der Waals surface area contributed by atoms with E-state index in [-0.39, 0.29) is 52.6 Å². The van der Waals surface area contributed by atoms with Gasteiger partial charge in [0, 0.05) is 76.6 Å². The summed E-state index contributed by atoms with van der Waals surface area (Å²) in [6.07, 6.45) is 6.22. The van der Waals surface area contributed by atoms with Crippen molar-refractivity contribution in [1.82, 2.24) is 30.0 Å². The maximum absolute atomic E-state index is 15.6. The van der Waals surface area contributed by atoms with Gasteiger partial charge in [0.05, 0.1) is 40.6 Å². The molecule has 0 saturated carbocycles. The van der Waals surface area contributed by atoms with Gasteiger partial charge in [0.15, 0.2) is 5.82 Å². The van der Waals surface area contributed by atoms with Crippen molar-refractivity contribution >= 4 is 91.4 Å². The number of imide groups is 2. The summed E-state index contributed by atoms with van der Waals surface area (Å²) in [6, 6.07) is 15.9. The van der Waals surface area contributed by atoms with E-state index in [1.54, 1.807) is 48.5 Å². The summed E-state index contributed by atoms with van der Waals surface area (Å²) in [6.45, 7) is 6.27. The second-order valence-corrected chi connectivity index (χ2v) is 20.5. The van der Waals surface area contributed by atoms with Crippen molar-refractivity contribution in [3.63, 3.8) is 0 Å². The summed E-state index contributed by atoms with van der Waals surface area (Å²) in [7, 11) is -2.09. The molecule has 0 spiro atoms. The van der Waals surface area contributed by atoms with E-state index in [1.165, 1.54) is 19.3 Å². The predicted octanol–water partition coefficient (Wildman–Crippen LogP) is 4.83. The van der Waals surface area contributed by atoms with Gasteiger partial charge in [-0.05, 0) is 99.6 Å². The molecule has 6 heterocycles. The number of anilines is 7. The van der Waals surface area contributed by atoms with E-state index in [0.717, 1.165) is 79.6 Å². The van der Waals surface area contributed by atoms with Crippen LogP contribution in [0.3, 0.4) is 0 Å². The fourth-order valence-electron chi connectivity index (χ4n) is 9.83. The molecule has 5 amide bonds. The monoisotopic (exact) mass is 969 g/mol. The molecule has 9 rings (SSSR count). The Morgan fingerprint density at radius 1 is 0.853 bits per heavy atom. The van der Waals surface area contributed by atoms with Crippen molar-refractivity contribution in [2.45, 2.75) is 44.6 Å². The molecule has 4 saturated heterocycles. The highest BCUT2D eigenvalue weighted by atomic mass is 35.5. The molecule has 3 N–H and O–H groups in total. The van der Waals surface area contributed by atoms with Crippen LogP contribution >= 0.6 is 11.6 Å². The zero-order valence-electron chi connectivity index (χ0n) is 37.8. The molecule has 3 aromatic carbocycles. The first-order chi connectivity index (χ1) is 32.6. The molecular weight excluding hydrogens is 917 g/mol. The van der Waals surface area contributed by atoms with Crippen molar-refractivity contribution in [2.24, 2.45) is 11.8 Å². The molecule has 4 aromatic rings. The minimum atomic E-state index is -3.54. The van der Waals surface area contributed by atoms with Crippen LogP contribution in [0.15, 0.2) is 66.9 Å². The summed E-state index contributed by atoms with van der Waals surface area (Å²) in [5.41, 5.74) is 3.13. The number of nitrogens with one attached hydrogen (secondary N) is 3. The van der Waals surface area contributed by atoms with Crippen LogP contribution in [0, 0.1) is 17.7 Å². The number of likely N-dealkylation sites (tertiary alicyclic amines) is 1. The first-order valence-electron chi connectivity index (χ1n) is 22.9. The lowest BCUT2D eigenvalue weighted by molar-refractivity contribution is -0.138. The highest BCUT2D eigenvalue weighted by Gasteiger charge is 2.45. The van der Waals surface area contributed by atoms with Gasteiger partial charge < -0.3 is 30.2 Å². The van der Waals surface area contributed by atoms with Crippen molar-refractivity contribution in [2.75, 3.05) is 96.9 Å². The zero-order chi connectivity index (χ0) is 47.9. The standard InChI is InChI=1S/C47H53ClFN11O7S/c1-55(68(2,66)67)39-6-4-3-5-37(39)52-42-35(48)27-50-47(54-42)51-31-7-10-38(36(49)25-31)58-21-23-59(24-22-58)44(63)30-15-17-56(18-16-30)28-29-13-19-57(20-14-29)32-8-9-33-34(26-32)46(65)60(45(33)64)40-11-12-41(61)53-43(40)62/h3-10,25-27,29-30,40H,11-24,28H2,1-2H3,(H,53,61,62)(H2,50,51,52,54). The Bertz CT molecular complexity index is 2760. The number of halogens is 2. The molecule has 1 aromatic heterocycles. The van der Waals surface area contributed by atoms with Gasteiger partial charge in [0.1, 0.15) is 16.9 Å². The van der Waals surface area contributed by atoms with Gasteiger partial charge in [0.25, 0.3) is 11.8 Å². The number of rotatable bonds is 12. The van der Waals surface area contributed by atoms with E-state index in [9.17, 15) is 32.4 Å². The molecule has 5 aliphatic heterocycles. The normalized spacial score (nSPS) is 19.9. The fraction of sp³-hybridized carbons (Fsp3) is 0.426. The lowest BCUT2D eigenvalue weighted by Crippen LogP contribution is -2.54. The van der Waals surface area contributed by atoms with Gasteiger partial charge in [-0.2, -0.15) is 4.98 Å². The van der Waals surface area contributed by atoms with Crippen molar-refractivity contribution < 1.29 is 36.8 Å². The Labute approximate surface area is 398 Å². The van der Waals surface area contributed by atoms with Crippen LogP contribution in [0.1, 0.15) is 59.2 Å². The van der Waals surface area contributed by atoms with E-state index in [0.29, 0.717) is 54.8 Å². The Balaban J connectivity index is 0.714. The third-order valence-electron chi connectivity index (χ3n) is 13.7. The maximum Gasteiger partial charge on any atom is 0.262 e. The Kier molecular flexibility index (Phi) is 13.3. The van der Waals surface area contributed by atoms with Gasteiger partial charge in [-0.3, -0.25) is 38.5 Å². The molecule has 1 unspecified atom stereocenters. The first-order valence-corrected chi connectivity index (χ1v) is 25.1. The average molecular weight is 971 g/mol. The van der Waals surface area contributed by atoms with Crippen LogP contribution < -0.4 is 30.1 Å². The van der Waals surface area contributed by atoms with E-state index >= 15 is 4.39 Å². The van der Waals surface area contributed by atoms with Crippen molar-refractivity contribution in [3.8, 4) is 0 Å². The largest absolute Gasteiger partial charge is 0.371 e. The van der Waals surface area contributed by atoms with Gasteiger partial charge in [-0.1, -0.05) is 23.7 Å².